The van der Waals surface area contributed by atoms with Crippen LogP contribution in [0.15, 0.2) is 30.3 Å². The Morgan fingerprint density at radius 2 is 2.05 bits per heavy atom. The molecule has 0 radical (unpaired) electrons. The number of aryl methyl sites for hydroxylation is 1. The zero-order valence-electron chi connectivity index (χ0n) is 10.8. The van der Waals surface area contributed by atoms with E-state index in [-0.39, 0.29) is 5.69 Å². The number of rotatable bonds is 4. The Morgan fingerprint density at radius 3 is 2.63 bits per heavy atom. The lowest BCUT2D eigenvalue weighted by Gasteiger charge is -2.05. The molecule has 0 unspecified atom stereocenters. The predicted molar refractivity (Wildman–Crippen MR) is 71.4 cm³/mol. The summed E-state index contributed by atoms with van der Waals surface area (Å²) in [5.41, 5.74) is 3.46. The number of hydrogen-bond acceptors (Lipinski definition) is 2. The third kappa shape index (κ3) is 2.52. The summed E-state index contributed by atoms with van der Waals surface area (Å²) >= 11 is 0. The molecule has 2 aromatic rings. The molecule has 0 bridgehead atoms. The smallest absolute Gasteiger partial charge is 0.354 e. The Bertz CT molecular complexity index is 610. The van der Waals surface area contributed by atoms with Crippen molar-refractivity contribution in [3.05, 3.63) is 52.8 Å². The van der Waals surface area contributed by atoms with E-state index in [1.807, 2.05) is 31.2 Å². The van der Waals surface area contributed by atoms with Gasteiger partial charge in [-0.2, -0.15) is 5.10 Å². The fourth-order valence-corrected chi connectivity index (χ4v) is 2.17. The van der Waals surface area contributed by atoms with E-state index < -0.39 is 5.97 Å². The summed E-state index contributed by atoms with van der Waals surface area (Å²) in [6, 6.07) is 9.80. The highest BCUT2D eigenvalue weighted by Gasteiger charge is 2.28. The molecule has 1 N–H and O–H groups in total. The molecule has 4 nitrogen and oxygen atoms in total. The molecule has 0 atom stereocenters. The molecule has 3 rings (SSSR count). The molecule has 0 saturated heterocycles. The number of hydrogen-bond donors (Lipinski definition) is 1. The Labute approximate surface area is 111 Å². The molecule has 1 fully saturated rings. The van der Waals surface area contributed by atoms with Crippen molar-refractivity contribution in [2.24, 2.45) is 0 Å². The van der Waals surface area contributed by atoms with E-state index in [1.54, 1.807) is 10.7 Å². The zero-order valence-corrected chi connectivity index (χ0v) is 10.8. The number of carboxylic acids is 1. The molecule has 1 aliphatic rings. The summed E-state index contributed by atoms with van der Waals surface area (Å²) in [4.78, 5) is 11.3. The van der Waals surface area contributed by atoms with E-state index in [0.717, 1.165) is 24.1 Å². The first-order valence-electron chi connectivity index (χ1n) is 6.50. The SMILES string of the molecule is Cc1ccc(Cn2nc(C3CC3)cc2C(=O)O)cc1. The van der Waals surface area contributed by atoms with Crippen LogP contribution in [0.5, 0.6) is 0 Å². The average Bonchev–Trinajstić information content (AvgIpc) is 3.14. The van der Waals surface area contributed by atoms with Gasteiger partial charge in [0.1, 0.15) is 5.69 Å². The summed E-state index contributed by atoms with van der Waals surface area (Å²) < 4.78 is 1.60. The Morgan fingerprint density at radius 1 is 1.37 bits per heavy atom. The Hall–Kier alpha value is -2.10. The van der Waals surface area contributed by atoms with Gasteiger partial charge in [0.25, 0.3) is 0 Å². The van der Waals surface area contributed by atoms with Crippen molar-refractivity contribution in [1.82, 2.24) is 9.78 Å². The van der Waals surface area contributed by atoms with Crippen LogP contribution in [0.3, 0.4) is 0 Å². The zero-order chi connectivity index (χ0) is 13.4. The number of carbonyl (C=O) groups is 1. The maximum absolute atomic E-state index is 11.3. The second-order valence-corrected chi connectivity index (χ2v) is 5.18. The summed E-state index contributed by atoms with van der Waals surface area (Å²) in [7, 11) is 0. The predicted octanol–water partition coefficient (Wildman–Crippen LogP) is 2.82. The van der Waals surface area contributed by atoms with Crippen LogP contribution in [0.4, 0.5) is 0 Å². The minimum absolute atomic E-state index is 0.280. The molecule has 0 spiro atoms. The quantitative estimate of drug-likeness (QED) is 0.915. The summed E-state index contributed by atoms with van der Waals surface area (Å²) in [6.45, 7) is 2.54. The second-order valence-electron chi connectivity index (χ2n) is 5.18. The Balaban J connectivity index is 1.90. The van der Waals surface area contributed by atoms with Crippen molar-refractivity contribution in [2.45, 2.75) is 32.2 Å². The lowest BCUT2D eigenvalue weighted by molar-refractivity contribution is 0.0684. The molecule has 1 heterocycles. The van der Waals surface area contributed by atoms with Gasteiger partial charge in [0, 0.05) is 5.92 Å². The van der Waals surface area contributed by atoms with Crippen molar-refractivity contribution in [1.29, 1.82) is 0 Å². The van der Waals surface area contributed by atoms with Gasteiger partial charge in [0.05, 0.1) is 12.2 Å². The first-order valence-corrected chi connectivity index (χ1v) is 6.50. The van der Waals surface area contributed by atoms with E-state index in [1.165, 1.54) is 5.56 Å². The lowest BCUT2D eigenvalue weighted by atomic mass is 10.1. The van der Waals surface area contributed by atoms with Crippen molar-refractivity contribution in [3.8, 4) is 0 Å². The van der Waals surface area contributed by atoms with Crippen molar-refractivity contribution in [2.75, 3.05) is 0 Å². The van der Waals surface area contributed by atoms with Gasteiger partial charge in [-0.15, -0.1) is 0 Å². The van der Waals surface area contributed by atoms with Crippen LogP contribution in [0, 0.1) is 6.92 Å². The van der Waals surface area contributed by atoms with Crippen LogP contribution in [-0.4, -0.2) is 20.9 Å². The maximum Gasteiger partial charge on any atom is 0.354 e. The number of benzene rings is 1. The van der Waals surface area contributed by atoms with Gasteiger partial charge in [-0.25, -0.2) is 4.79 Å². The molecular formula is C15H16N2O2. The Kier molecular flexibility index (Phi) is 2.85. The normalized spacial score (nSPS) is 14.6. The molecule has 1 saturated carbocycles. The topological polar surface area (TPSA) is 55.1 Å². The molecule has 1 aromatic heterocycles. The fraction of sp³-hybridized carbons (Fsp3) is 0.333. The second kappa shape index (κ2) is 4.53. The van der Waals surface area contributed by atoms with Gasteiger partial charge in [-0.05, 0) is 31.4 Å². The highest BCUT2D eigenvalue weighted by molar-refractivity contribution is 5.85. The lowest BCUT2D eigenvalue weighted by Crippen LogP contribution is -2.10. The van der Waals surface area contributed by atoms with E-state index in [0.29, 0.717) is 12.5 Å². The van der Waals surface area contributed by atoms with Crippen molar-refractivity contribution in [3.63, 3.8) is 0 Å². The third-order valence-electron chi connectivity index (χ3n) is 3.47. The molecule has 19 heavy (non-hydrogen) atoms. The summed E-state index contributed by atoms with van der Waals surface area (Å²) in [5.74, 6) is -0.441. The molecule has 0 amide bonds. The summed E-state index contributed by atoms with van der Waals surface area (Å²) in [6.07, 6.45) is 2.25. The first kappa shape index (κ1) is 12.0. The average molecular weight is 256 g/mol. The fourth-order valence-electron chi connectivity index (χ4n) is 2.17. The van der Waals surface area contributed by atoms with Crippen molar-refractivity contribution < 1.29 is 9.90 Å². The third-order valence-corrected chi connectivity index (χ3v) is 3.47. The van der Waals surface area contributed by atoms with Gasteiger partial charge >= 0.3 is 5.97 Å². The number of aromatic nitrogens is 2. The minimum atomic E-state index is -0.911. The highest BCUT2D eigenvalue weighted by atomic mass is 16.4. The highest BCUT2D eigenvalue weighted by Crippen LogP contribution is 2.39. The molecule has 4 heteroatoms. The van der Waals surface area contributed by atoms with Gasteiger partial charge in [-0.1, -0.05) is 29.8 Å². The van der Waals surface area contributed by atoms with Crippen LogP contribution in [0.1, 0.15) is 46.1 Å². The molecule has 1 aromatic carbocycles. The van der Waals surface area contributed by atoms with E-state index in [4.69, 9.17) is 0 Å². The molecule has 98 valence electrons. The number of carboxylic acid groups (broad SMARTS) is 1. The number of aromatic carboxylic acids is 1. The molecule has 0 aliphatic heterocycles. The van der Waals surface area contributed by atoms with Crippen LogP contribution in [0.2, 0.25) is 0 Å². The minimum Gasteiger partial charge on any atom is -0.477 e. The maximum atomic E-state index is 11.3. The largest absolute Gasteiger partial charge is 0.477 e. The van der Waals surface area contributed by atoms with Gasteiger partial charge in [-0.3, -0.25) is 4.68 Å². The van der Waals surface area contributed by atoms with Gasteiger partial charge < -0.3 is 5.11 Å². The van der Waals surface area contributed by atoms with Crippen LogP contribution < -0.4 is 0 Å². The van der Waals surface area contributed by atoms with Crippen LogP contribution >= 0.6 is 0 Å². The molecule has 1 aliphatic carbocycles. The first-order chi connectivity index (χ1) is 9.13. The van der Waals surface area contributed by atoms with E-state index in [9.17, 15) is 9.90 Å². The van der Waals surface area contributed by atoms with Gasteiger partial charge in [0.15, 0.2) is 0 Å². The van der Waals surface area contributed by atoms with Gasteiger partial charge in [0.2, 0.25) is 0 Å². The van der Waals surface area contributed by atoms with Crippen LogP contribution in [-0.2, 0) is 6.54 Å². The van der Waals surface area contributed by atoms with E-state index >= 15 is 0 Å². The number of nitrogens with zero attached hydrogens (tertiary/aromatic N) is 2. The molecular weight excluding hydrogens is 240 g/mol. The van der Waals surface area contributed by atoms with Crippen molar-refractivity contribution >= 4 is 5.97 Å². The summed E-state index contributed by atoms with van der Waals surface area (Å²) in [5, 5.41) is 13.7. The van der Waals surface area contributed by atoms with Crippen LogP contribution in [0.25, 0.3) is 0 Å². The standard InChI is InChI=1S/C15H16N2O2/c1-10-2-4-11(5-3-10)9-17-14(15(18)19)8-13(16-17)12-6-7-12/h2-5,8,12H,6-7,9H2,1H3,(H,18,19). The van der Waals surface area contributed by atoms with E-state index in [2.05, 4.69) is 5.10 Å². The monoisotopic (exact) mass is 256 g/mol.